The molecule has 2 heterocycles. The second-order valence-corrected chi connectivity index (χ2v) is 5.18. The second kappa shape index (κ2) is 5.15. The first-order valence-corrected chi connectivity index (χ1v) is 6.39. The van der Waals surface area contributed by atoms with Crippen molar-refractivity contribution >= 4 is 5.91 Å². The van der Waals surface area contributed by atoms with Crippen molar-refractivity contribution in [1.29, 1.82) is 0 Å². The molecule has 2 rings (SSSR count). The molecule has 0 saturated carbocycles. The van der Waals surface area contributed by atoms with Crippen molar-refractivity contribution in [2.24, 2.45) is 5.92 Å². The van der Waals surface area contributed by atoms with Crippen LogP contribution >= 0.6 is 0 Å². The molecule has 0 radical (unpaired) electrons. The van der Waals surface area contributed by atoms with E-state index in [0.29, 0.717) is 11.8 Å². The van der Waals surface area contributed by atoms with Gasteiger partial charge in [0.25, 0.3) is 0 Å². The minimum Gasteiger partial charge on any atom is -0.339 e. The third-order valence-corrected chi connectivity index (χ3v) is 3.85. The van der Waals surface area contributed by atoms with Crippen molar-refractivity contribution in [2.45, 2.75) is 25.8 Å². The summed E-state index contributed by atoms with van der Waals surface area (Å²) >= 11 is 0. The van der Waals surface area contributed by atoms with Crippen LogP contribution in [0.3, 0.4) is 0 Å². The number of rotatable bonds is 1. The highest BCUT2D eigenvalue weighted by atomic mass is 16.2. The lowest BCUT2D eigenvalue weighted by Crippen LogP contribution is -2.56. The Bertz CT molecular complexity index is 249. The lowest BCUT2D eigenvalue weighted by atomic mass is 9.91. The maximum atomic E-state index is 12.3. The number of piperidine rings is 1. The molecule has 4 heteroatoms. The molecular weight excluding hydrogens is 202 g/mol. The van der Waals surface area contributed by atoms with Crippen molar-refractivity contribution in [3.05, 3.63) is 0 Å². The lowest BCUT2D eigenvalue weighted by molar-refractivity contribution is -0.136. The number of nitrogens with zero attached hydrogens (tertiary/aromatic N) is 2. The highest BCUT2D eigenvalue weighted by molar-refractivity contribution is 5.82. The first-order chi connectivity index (χ1) is 7.68. The van der Waals surface area contributed by atoms with E-state index >= 15 is 0 Å². The summed E-state index contributed by atoms with van der Waals surface area (Å²) in [5.74, 6) is 0.807. The summed E-state index contributed by atoms with van der Waals surface area (Å²) < 4.78 is 0. The average molecular weight is 225 g/mol. The zero-order chi connectivity index (χ0) is 11.5. The van der Waals surface area contributed by atoms with Gasteiger partial charge in [0.1, 0.15) is 0 Å². The summed E-state index contributed by atoms with van der Waals surface area (Å²) in [7, 11) is 2.11. The van der Waals surface area contributed by atoms with Crippen LogP contribution in [0, 0.1) is 5.92 Å². The van der Waals surface area contributed by atoms with E-state index in [9.17, 15) is 4.79 Å². The Labute approximate surface area is 98.0 Å². The van der Waals surface area contributed by atoms with Gasteiger partial charge in [0.05, 0.1) is 6.04 Å². The highest BCUT2D eigenvalue weighted by Crippen LogP contribution is 2.18. The molecule has 2 atom stereocenters. The molecule has 2 unspecified atom stereocenters. The molecule has 0 aliphatic carbocycles. The quantitative estimate of drug-likeness (QED) is 0.690. The minimum atomic E-state index is 0.0668. The van der Waals surface area contributed by atoms with Crippen LogP contribution in [0.4, 0.5) is 0 Å². The molecule has 2 aliphatic rings. The summed E-state index contributed by atoms with van der Waals surface area (Å²) in [5.41, 5.74) is 0. The number of nitrogens with one attached hydrogen (secondary N) is 1. The molecule has 1 amide bonds. The topological polar surface area (TPSA) is 35.6 Å². The Kier molecular flexibility index (Phi) is 3.82. The lowest BCUT2D eigenvalue weighted by Gasteiger charge is -2.37. The summed E-state index contributed by atoms with van der Waals surface area (Å²) in [6.45, 7) is 6.97. The largest absolute Gasteiger partial charge is 0.339 e. The number of hydrogen-bond acceptors (Lipinski definition) is 3. The Morgan fingerprint density at radius 3 is 2.56 bits per heavy atom. The van der Waals surface area contributed by atoms with Gasteiger partial charge in [-0.3, -0.25) is 4.79 Å². The van der Waals surface area contributed by atoms with Crippen LogP contribution in [0.1, 0.15) is 19.8 Å². The van der Waals surface area contributed by atoms with Gasteiger partial charge in [-0.2, -0.15) is 0 Å². The fraction of sp³-hybridized carbons (Fsp3) is 0.917. The maximum absolute atomic E-state index is 12.3. The first-order valence-electron chi connectivity index (χ1n) is 6.39. The van der Waals surface area contributed by atoms with Gasteiger partial charge in [-0.25, -0.2) is 0 Å². The summed E-state index contributed by atoms with van der Waals surface area (Å²) in [5, 5.41) is 3.37. The molecular formula is C12H23N3O. The fourth-order valence-electron chi connectivity index (χ4n) is 2.60. The number of carbonyl (C=O) groups excluding carboxylic acids is 1. The van der Waals surface area contributed by atoms with Gasteiger partial charge in [-0.1, -0.05) is 6.92 Å². The summed E-state index contributed by atoms with van der Waals surface area (Å²) in [4.78, 5) is 16.6. The molecule has 0 aromatic carbocycles. The summed E-state index contributed by atoms with van der Waals surface area (Å²) in [6.07, 6.45) is 2.38. The van der Waals surface area contributed by atoms with E-state index in [1.165, 1.54) is 12.8 Å². The van der Waals surface area contributed by atoms with E-state index in [2.05, 4.69) is 24.2 Å². The van der Waals surface area contributed by atoms with Crippen LogP contribution in [0.5, 0.6) is 0 Å². The smallest absolute Gasteiger partial charge is 0.240 e. The van der Waals surface area contributed by atoms with E-state index in [0.717, 1.165) is 32.7 Å². The molecule has 0 bridgehead atoms. The molecule has 0 spiro atoms. The SMILES string of the molecule is CC1CCCNC1C(=O)N1CCN(C)CC1. The van der Waals surface area contributed by atoms with E-state index in [1.54, 1.807) is 0 Å². The fourth-order valence-corrected chi connectivity index (χ4v) is 2.60. The van der Waals surface area contributed by atoms with E-state index < -0.39 is 0 Å². The van der Waals surface area contributed by atoms with Gasteiger partial charge in [0, 0.05) is 26.2 Å². The van der Waals surface area contributed by atoms with Crippen LogP contribution < -0.4 is 5.32 Å². The Balaban J connectivity index is 1.90. The normalized spacial score (nSPS) is 32.8. The Morgan fingerprint density at radius 2 is 1.94 bits per heavy atom. The zero-order valence-electron chi connectivity index (χ0n) is 10.4. The second-order valence-electron chi connectivity index (χ2n) is 5.18. The Morgan fingerprint density at radius 1 is 1.25 bits per heavy atom. The first kappa shape index (κ1) is 11.9. The van der Waals surface area contributed by atoms with Crippen LogP contribution in [0.15, 0.2) is 0 Å². The van der Waals surface area contributed by atoms with E-state index in [4.69, 9.17) is 0 Å². The standard InChI is InChI=1S/C12H23N3O/c1-10-4-3-5-13-11(10)12(16)15-8-6-14(2)7-9-15/h10-11,13H,3-9H2,1-2H3. The predicted molar refractivity (Wildman–Crippen MR) is 64.3 cm³/mol. The summed E-state index contributed by atoms with van der Waals surface area (Å²) in [6, 6.07) is 0.0668. The van der Waals surface area contributed by atoms with Gasteiger partial charge in [-0.15, -0.1) is 0 Å². The van der Waals surface area contributed by atoms with Crippen molar-refractivity contribution in [3.8, 4) is 0 Å². The van der Waals surface area contributed by atoms with Crippen LogP contribution in [-0.4, -0.2) is 61.5 Å². The third-order valence-electron chi connectivity index (χ3n) is 3.85. The van der Waals surface area contributed by atoms with Crippen LogP contribution in [-0.2, 0) is 4.79 Å². The molecule has 0 aromatic heterocycles. The molecule has 2 saturated heterocycles. The maximum Gasteiger partial charge on any atom is 0.240 e. The molecule has 4 nitrogen and oxygen atoms in total. The molecule has 2 aliphatic heterocycles. The predicted octanol–water partition coefficient (Wildman–Crippen LogP) is 0.149. The number of piperazine rings is 1. The molecule has 92 valence electrons. The average Bonchev–Trinajstić information content (AvgIpc) is 2.30. The number of likely N-dealkylation sites (N-methyl/N-ethyl adjacent to an activating group) is 1. The number of amides is 1. The van der Waals surface area contributed by atoms with Gasteiger partial charge in [0.2, 0.25) is 5.91 Å². The van der Waals surface area contributed by atoms with Gasteiger partial charge >= 0.3 is 0 Å². The molecule has 2 fully saturated rings. The number of carbonyl (C=O) groups is 1. The van der Waals surface area contributed by atoms with Crippen molar-refractivity contribution in [2.75, 3.05) is 39.8 Å². The van der Waals surface area contributed by atoms with E-state index in [1.807, 2.05) is 4.90 Å². The van der Waals surface area contributed by atoms with E-state index in [-0.39, 0.29) is 6.04 Å². The molecule has 0 aromatic rings. The zero-order valence-corrected chi connectivity index (χ0v) is 10.4. The van der Waals surface area contributed by atoms with Crippen LogP contribution in [0.2, 0.25) is 0 Å². The van der Waals surface area contributed by atoms with Crippen molar-refractivity contribution < 1.29 is 4.79 Å². The third kappa shape index (κ3) is 2.55. The number of hydrogen-bond donors (Lipinski definition) is 1. The molecule has 1 N–H and O–H groups in total. The van der Waals surface area contributed by atoms with Gasteiger partial charge in [0.15, 0.2) is 0 Å². The van der Waals surface area contributed by atoms with Crippen molar-refractivity contribution in [3.63, 3.8) is 0 Å². The highest BCUT2D eigenvalue weighted by Gasteiger charge is 2.31. The monoisotopic (exact) mass is 225 g/mol. The Hall–Kier alpha value is -0.610. The van der Waals surface area contributed by atoms with Gasteiger partial charge < -0.3 is 15.1 Å². The van der Waals surface area contributed by atoms with Gasteiger partial charge in [-0.05, 0) is 32.4 Å². The molecule has 16 heavy (non-hydrogen) atoms. The minimum absolute atomic E-state index is 0.0668. The van der Waals surface area contributed by atoms with Crippen LogP contribution in [0.25, 0.3) is 0 Å². The van der Waals surface area contributed by atoms with Crippen molar-refractivity contribution in [1.82, 2.24) is 15.1 Å².